The molecule has 1 aliphatic heterocycles. The number of nitrogens with zero attached hydrogens (tertiary/aromatic N) is 2. The van der Waals surface area contributed by atoms with E-state index in [1.807, 2.05) is 0 Å². The molecule has 0 spiro atoms. The third kappa shape index (κ3) is 4.56. The van der Waals surface area contributed by atoms with E-state index in [4.69, 9.17) is 14.2 Å². The highest BCUT2D eigenvalue weighted by atomic mass is 32.1. The maximum atomic E-state index is 13.4. The number of methoxy groups -OCH3 is 2. The summed E-state index contributed by atoms with van der Waals surface area (Å²) in [6.45, 7) is 5.21. The molecule has 0 aliphatic carbocycles. The molecule has 1 aliphatic rings. The fourth-order valence-electron chi connectivity index (χ4n) is 4.26. The summed E-state index contributed by atoms with van der Waals surface area (Å²) in [5.41, 5.74) is 1.54. The van der Waals surface area contributed by atoms with Gasteiger partial charge in [-0.15, -0.1) is 0 Å². The molecule has 1 saturated heterocycles. The number of aromatic nitrogens is 1. The van der Waals surface area contributed by atoms with Crippen LogP contribution in [0.2, 0.25) is 0 Å². The van der Waals surface area contributed by atoms with E-state index in [0.717, 1.165) is 16.2 Å². The standard InChI is InChI=1S/C27H26N2O8S/c1-6-37-26(34)24-14(3)28-27(38-24)29-21(15-7-9-17(30)19(12-15)36-5)20(23(32)25(29)33)22(31)16-8-10-18(35-4)13(2)11-16/h7-12,21,30-31H,6H2,1-5H3/t21-/m0/s1. The molecule has 10 nitrogen and oxygen atoms in total. The molecule has 0 unspecified atom stereocenters. The second-order valence-electron chi connectivity index (χ2n) is 8.42. The van der Waals surface area contributed by atoms with Crippen LogP contribution in [0.5, 0.6) is 17.2 Å². The zero-order valence-electron chi connectivity index (χ0n) is 21.4. The Kier molecular flexibility index (Phi) is 7.40. The topological polar surface area (TPSA) is 135 Å². The van der Waals surface area contributed by atoms with Crippen LogP contribution in [0.3, 0.4) is 0 Å². The number of aliphatic hydroxyl groups is 1. The van der Waals surface area contributed by atoms with Crippen LogP contribution in [0.4, 0.5) is 5.13 Å². The van der Waals surface area contributed by atoms with Gasteiger partial charge in [-0.1, -0.05) is 17.4 Å². The minimum absolute atomic E-state index is 0.0784. The Hall–Kier alpha value is -4.38. The predicted molar refractivity (Wildman–Crippen MR) is 140 cm³/mol. The molecule has 11 heteroatoms. The van der Waals surface area contributed by atoms with Gasteiger partial charge in [0.05, 0.1) is 38.1 Å². The molecule has 2 aromatic carbocycles. The van der Waals surface area contributed by atoms with Gasteiger partial charge in [0.15, 0.2) is 16.6 Å². The van der Waals surface area contributed by atoms with Gasteiger partial charge in [0.1, 0.15) is 16.4 Å². The normalized spacial score (nSPS) is 16.6. The number of aryl methyl sites for hydroxylation is 2. The third-order valence-electron chi connectivity index (χ3n) is 6.08. The number of hydrogen-bond donors (Lipinski definition) is 2. The molecule has 2 heterocycles. The third-order valence-corrected chi connectivity index (χ3v) is 7.22. The number of benzene rings is 2. The van der Waals surface area contributed by atoms with Crippen LogP contribution in [0.1, 0.15) is 45.0 Å². The molecule has 3 aromatic rings. The summed E-state index contributed by atoms with van der Waals surface area (Å²) in [6, 6.07) is 8.08. The van der Waals surface area contributed by atoms with Gasteiger partial charge < -0.3 is 24.4 Å². The summed E-state index contributed by atoms with van der Waals surface area (Å²) in [5, 5.41) is 21.6. The summed E-state index contributed by atoms with van der Waals surface area (Å²) in [4.78, 5) is 45.0. The van der Waals surface area contributed by atoms with E-state index in [1.54, 1.807) is 39.0 Å². The average Bonchev–Trinajstić information content (AvgIpc) is 3.40. The van der Waals surface area contributed by atoms with E-state index in [0.29, 0.717) is 28.1 Å². The van der Waals surface area contributed by atoms with Crippen LogP contribution >= 0.6 is 11.3 Å². The van der Waals surface area contributed by atoms with E-state index in [2.05, 4.69) is 4.98 Å². The molecule has 0 saturated carbocycles. The van der Waals surface area contributed by atoms with Gasteiger partial charge in [-0.05, 0) is 62.2 Å². The molecule has 1 amide bonds. The number of aromatic hydroxyl groups is 1. The van der Waals surface area contributed by atoms with E-state index in [1.165, 1.54) is 32.4 Å². The lowest BCUT2D eigenvalue weighted by molar-refractivity contribution is -0.132. The number of ketones is 1. The molecule has 38 heavy (non-hydrogen) atoms. The minimum Gasteiger partial charge on any atom is -0.507 e. The van der Waals surface area contributed by atoms with Gasteiger partial charge in [0.25, 0.3) is 5.78 Å². The number of Topliss-reactive ketones (excluding diaryl/α,β-unsaturated/α-hetero) is 1. The van der Waals surface area contributed by atoms with E-state index < -0.39 is 29.5 Å². The van der Waals surface area contributed by atoms with Crippen molar-refractivity contribution in [3.8, 4) is 17.2 Å². The number of phenols is 1. The molecular formula is C27H26N2O8S. The first kappa shape index (κ1) is 26.7. The van der Waals surface area contributed by atoms with Crippen molar-refractivity contribution in [1.29, 1.82) is 0 Å². The first-order valence-corrected chi connectivity index (χ1v) is 12.4. The van der Waals surface area contributed by atoms with Gasteiger partial charge in [-0.2, -0.15) is 0 Å². The van der Waals surface area contributed by atoms with Gasteiger partial charge >= 0.3 is 11.9 Å². The van der Waals surface area contributed by atoms with Crippen molar-refractivity contribution in [3.05, 3.63) is 69.2 Å². The van der Waals surface area contributed by atoms with Gasteiger partial charge in [0, 0.05) is 5.56 Å². The largest absolute Gasteiger partial charge is 0.507 e. The SMILES string of the molecule is CCOC(=O)c1sc(N2C(=O)C(=O)C(=C(O)c3ccc(OC)c(C)c3)[C@@H]2c2ccc(O)c(OC)c2)nc1C. The average molecular weight is 539 g/mol. The molecule has 0 radical (unpaired) electrons. The van der Waals surface area contributed by atoms with Crippen molar-refractivity contribution in [2.24, 2.45) is 0 Å². The first-order valence-electron chi connectivity index (χ1n) is 11.6. The molecule has 2 N–H and O–H groups in total. The molecular weight excluding hydrogens is 512 g/mol. The van der Waals surface area contributed by atoms with Crippen molar-refractivity contribution >= 4 is 39.9 Å². The lowest BCUT2D eigenvalue weighted by Crippen LogP contribution is -2.29. The number of carbonyl (C=O) groups is 3. The van der Waals surface area contributed by atoms with Gasteiger partial charge in [-0.25, -0.2) is 9.78 Å². The Morgan fingerprint density at radius 2 is 1.79 bits per heavy atom. The summed E-state index contributed by atoms with van der Waals surface area (Å²) in [5.74, 6) is -2.30. The molecule has 1 fully saturated rings. The van der Waals surface area contributed by atoms with Crippen LogP contribution in [-0.4, -0.2) is 53.7 Å². The summed E-state index contributed by atoms with van der Waals surface area (Å²) < 4.78 is 15.6. The van der Waals surface area contributed by atoms with E-state index >= 15 is 0 Å². The number of carbonyl (C=O) groups excluding carboxylic acids is 3. The highest BCUT2D eigenvalue weighted by Gasteiger charge is 2.48. The Bertz CT molecular complexity index is 1480. The highest BCUT2D eigenvalue weighted by molar-refractivity contribution is 7.17. The van der Waals surface area contributed by atoms with Crippen molar-refractivity contribution in [2.75, 3.05) is 25.7 Å². The molecule has 1 aromatic heterocycles. The van der Waals surface area contributed by atoms with Crippen LogP contribution in [0.25, 0.3) is 5.76 Å². The van der Waals surface area contributed by atoms with Crippen LogP contribution in [-0.2, 0) is 14.3 Å². The van der Waals surface area contributed by atoms with Crippen molar-refractivity contribution in [1.82, 2.24) is 4.98 Å². The van der Waals surface area contributed by atoms with Crippen molar-refractivity contribution in [2.45, 2.75) is 26.8 Å². The number of esters is 1. The minimum atomic E-state index is -1.13. The second kappa shape index (κ2) is 10.5. The van der Waals surface area contributed by atoms with E-state index in [-0.39, 0.29) is 33.7 Å². The van der Waals surface area contributed by atoms with Crippen LogP contribution in [0, 0.1) is 13.8 Å². The number of phenolic OH excluding ortho intramolecular Hbond substituents is 1. The Balaban J connectivity index is 1.95. The van der Waals surface area contributed by atoms with Gasteiger partial charge in [-0.3, -0.25) is 14.5 Å². The summed E-state index contributed by atoms with van der Waals surface area (Å²) in [7, 11) is 2.89. The van der Waals surface area contributed by atoms with E-state index in [9.17, 15) is 24.6 Å². The Morgan fingerprint density at radius 3 is 2.42 bits per heavy atom. The Labute approximate surface area is 222 Å². The Morgan fingerprint density at radius 1 is 1.08 bits per heavy atom. The number of aliphatic hydroxyl groups excluding tert-OH is 1. The highest BCUT2D eigenvalue weighted by Crippen LogP contribution is 2.45. The number of rotatable bonds is 7. The zero-order chi connectivity index (χ0) is 27.7. The van der Waals surface area contributed by atoms with Crippen molar-refractivity contribution < 1.29 is 38.8 Å². The first-order chi connectivity index (χ1) is 18.1. The monoisotopic (exact) mass is 538 g/mol. The predicted octanol–water partition coefficient (Wildman–Crippen LogP) is 4.29. The quantitative estimate of drug-likeness (QED) is 0.195. The molecule has 0 bridgehead atoms. The number of anilines is 1. The second-order valence-corrected chi connectivity index (χ2v) is 9.39. The molecule has 4 rings (SSSR count). The molecule has 1 atom stereocenters. The number of thiazole rings is 1. The number of ether oxygens (including phenoxy) is 3. The fraction of sp³-hybridized carbons (Fsp3) is 0.259. The smallest absolute Gasteiger partial charge is 0.350 e. The lowest BCUT2D eigenvalue weighted by atomic mass is 9.94. The maximum Gasteiger partial charge on any atom is 0.350 e. The maximum absolute atomic E-state index is 13.4. The molecule has 198 valence electrons. The van der Waals surface area contributed by atoms with Gasteiger partial charge in [0.2, 0.25) is 0 Å². The lowest BCUT2D eigenvalue weighted by Gasteiger charge is -2.23. The summed E-state index contributed by atoms with van der Waals surface area (Å²) in [6.07, 6.45) is 0. The van der Waals surface area contributed by atoms with Crippen LogP contribution in [0.15, 0.2) is 42.0 Å². The summed E-state index contributed by atoms with van der Waals surface area (Å²) >= 11 is 0.905. The zero-order valence-corrected chi connectivity index (χ0v) is 22.2. The number of hydrogen-bond acceptors (Lipinski definition) is 10. The van der Waals surface area contributed by atoms with Crippen molar-refractivity contribution in [3.63, 3.8) is 0 Å². The van der Waals surface area contributed by atoms with Crippen LogP contribution < -0.4 is 14.4 Å². The number of amides is 1. The fourth-order valence-corrected chi connectivity index (χ4v) is 5.25.